The summed E-state index contributed by atoms with van der Waals surface area (Å²) < 4.78 is 18.4. The van der Waals surface area contributed by atoms with Crippen LogP contribution in [-0.4, -0.2) is 24.3 Å². The summed E-state index contributed by atoms with van der Waals surface area (Å²) in [6.45, 7) is 9.09. The van der Waals surface area contributed by atoms with Crippen LogP contribution in [0.5, 0.6) is 5.75 Å². The molecule has 1 N–H and O–H groups in total. The molecule has 2 atom stereocenters. The molecule has 2 aromatic carbocycles. The van der Waals surface area contributed by atoms with E-state index in [1.807, 2.05) is 50.4 Å². The van der Waals surface area contributed by atoms with Crippen LogP contribution >= 0.6 is 11.3 Å². The van der Waals surface area contributed by atoms with Crippen molar-refractivity contribution in [3.63, 3.8) is 0 Å². The molecule has 2 unspecified atom stereocenters. The second kappa shape index (κ2) is 9.35. The van der Waals surface area contributed by atoms with E-state index in [-0.39, 0.29) is 5.97 Å². The van der Waals surface area contributed by atoms with Crippen molar-refractivity contribution in [2.75, 3.05) is 11.9 Å². The number of esters is 1. The first-order chi connectivity index (χ1) is 15.4. The highest BCUT2D eigenvalue weighted by Gasteiger charge is 2.47. The van der Waals surface area contributed by atoms with E-state index in [4.69, 9.17) is 14.2 Å². The molecule has 0 fully saturated rings. The van der Waals surface area contributed by atoms with Gasteiger partial charge in [0.15, 0.2) is 6.10 Å². The van der Waals surface area contributed by atoms with Gasteiger partial charge in [-0.3, -0.25) is 0 Å². The summed E-state index contributed by atoms with van der Waals surface area (Å²) in [5, 5.41) is 5.34. The number of carbonyl (C=O) groups excluding carboxylic acids is 1. The van der Waals surface area contributed by atoms with Crippen LogP contribution in [0.2, 0.25) is 0 Å². The van der Waals surface area contributed by atoms with Crippen LogP contribution in [0.1, 0.15) is 53.2 Å². The lowest BCUT2D eigenvalue weighted by atomic mass is 9.87. The molecule has 0 saturated heterocycles. The van der Waals surface area contributed by atoms with Crippen molar-refractivity contribution in [3.8, 4) is 5.75 Å². The van der Waals surface area contributed by atoms with Crippen LogP contribution in [-0.2, 0) is 16.0 Å². The van der Waals surface area contributed by atoms with Gasteiger partial charge in [-0.1, -0.05) is 35.9 Å². The first-order valence-electron chi connectivity index (χ1n) is 10.9. The molecule has 5 nitrogen and oxygen atoms in total. The lowest BCUT2D eigenvalue weighted by Gasteiger charge is -2.43. The van der Waals surface area contributed by atoms with E-state index in [0.717, 1.165) is 17.0 Å². The number of rotatable bonds is 7. The molecule has 0 spiro atoms. The number of nitrogens with one attached hydrogen (secondary N) is 1. The van der Waals surface area contributed by atoms with E-state index >= 15 is 0 Å². The lowest BCUT2D eigenvalue weighted by molar-refractivity contribution is -0.137. The quantitative estimate of drug-likeness (QED) is 0.437. The minimum absolute atomic E-state index is 0.358. The number of fused-ring (bicyclic) bond motifs is 1. The van der Waals surface area contributed by atoms with Gasteiger partial charge in [-0.2, -0.15) is 0 Å². The molecule has 1 aromatic heterocycles. The average molecular weight is 452 g/mol. The van der Waals surface area contributed by atoms with Gasteiger partial charge in [0.25, 0.3) is 0 Å². The Kier molecular flexibility index (Phi) is 6.53. The molecule has 0 amide bonds. The number of benzene rings is 2. The fourth-order valence-corrected chi connectivity index (χ4v) is 4.49. The summed E-state index contributed by atoms with van der Waals surface area (Å²) in [4.78, 5) is 13.3. The molecule has 2 heterocycles. The molecular weight excluding hydrogens is 422 g/mol. The molecule has 3 aromatic rings. The molecule has 0 saturated carbocycles. The third-order valence-corrected chi connectivity index (χ3v) is 6.42. The zero-order chi connectivity index (χ0) is 22.7. The third kappa shape index (κ3) is 4.81. The van der Waals surface area contributed by atoms with Crippen molar-refractivity contribution in [2.45, 2.75) is 52.0 Å². The van der Waals surface area contributed by atoms with E-state index in [1.165, 1.54) is 22.5 Å². The van der Waals surface area contributed by atoms with Crippen molar-refractivity contribution < 1.29 is 19.0 Å². The van der Waals surface area contributed by atoms with Crippen molar-refractivity contribution in [3.05, 3.63) is 81.5 Å². The Hall–Kier alpha value is -2.83. The largest absolute Gasteiger partial charge is 0.483 e. The number of ether oxygens (including phenoxy) is 3. The number of hydrogen-bond acceptors (Lipinski definition) is 6. The summed E-state index contributed by atoms with van der Waals surface area (Å²) in [7, 11) is 0. The first kappa shape index (κ1) is 22.4. The second-order valence-electron chi connectivity index (χ2n) is 8.48. The van der Waals surface area contributed by atoms with Crippen molar-refractivity contribution >= 4 is 23.0 Å². The molecule has 168 valence electrons. The van der Waals surface area contributed by atoms with Crippen LogP contribution in [0.4, 0.5) is 5.69 Å². The van der Waals surface area contributed by atoms with E-state index < -0.39 is 17.8 Å². The molecular formula is C26H29NO4S. The van der Waals surface area contributed by atoms with E-state index in [9.17, 15) is 4.79 Å². The van der Waals surface area contributed by atoms with E-state index in [2.05, 4.69) is 36.5 Å². The van der Waals surface area contributed by atoms with Crippen LogP contribution in [0, 0.1) is 6.92 Å². The van der Waals surface area contributed by atoms with Crippen LogP contribution < -0.4 is 10.1 Å². The maximum atomic E-state index is 12.7. The molecule has 6 heteroatoms. The Morgan fingerprint density at radius 3 is 2.62 bits per heavy atom. The van der Waals surface area contributed by atoms with Gasteiger partial charge in [0.2, 0.25) is 0 Å². The van der Waals surface area contributed by atoms with Gasteiger partial charge >= 0.3 is 5.97 Å². The predicted molar refractivity (Wildman–Crippen MR) is 128 cm³/mol. The maximum Gasteiger partial charge on any atom is 0.348 e. The monoisotopic (exact) mass is 451 g/mol. The van der Waals surface area contributed by atoms with Crippen LogP contribution in [0.25, 0.3) is 0 Å². The van der Waals surface area contributed by atoms with Gasteiger partial charge in [0.05, 0.1) is 0 Å². The van der Waals surface area contributed by atoms with E-state index in [1.54, 1.807) is 6.07 Å². The van der Waals surface area contributed by atoms with Crippen LogP contribution in [0.3, 0.4) is 0 Å². The second-order valence-corrected chi connectivity index (χ2v) is 9.42. The smallest absolute Gasteiger partial charge is 0.348 e. The highest BCUT2D eigenvalue weighted by atomic mass is 32.1. The lowest BCUT2D eigenvalue weighted by Crippen LogP contribution is -2.51. The van der Waals surface area contributed by atoms with Gasteiger partial charge in [0, 0.05) is 24.4 Å². The Balaban J connectivity index is 1.59. The SMILES string of the molecule is CCOC1c2cc(NCc3ccc(C)cc3)ccc2OC(C)(C)C1OC(=O)c1cccs1. The fraction of sp³-hybridized carbons (Fsp3) is 0.346. The van der Waals surface area contributed by atoms with Gasteiger partial charge in [0.1, 0.15) is 22.3 Å². The molecule has 1 aliphatic rings. The highest BCUT2D eigenvalue weighted by molar-refractivity contribution is 7.11. The Bertz CT molecular complexity index is 1060. The fourth-order valence-electron chi connectivity index (χ4n) is 3.88. The van der Waals surface area contributed by atoms with Crippen molar-refractivity contribution in [1.82, 2.24) is 0 Å². The van der Waals surface area contributed by atoms with Crippen molar-refractivity contribution in [1.29, 1.82) is 0 Å². The number of anilines is 1. The molecule has 1 aliphatic heterocycles. The van der Waals surface area contributed by atoms with Crippen LogP contribution in [0.15, 0.2) is 60.0 Å². The molecule has 0 aliphatic carbocycles. The summed E-state index contributed by atoms with van der Waals surface area (Å²) in [5.41, 5.74) is 3.54. The number of aryl methyl sites for hydroxylation is 1. The standard InChI is InChI=1S/C26H29NO4S/c1-5-29-23-20-15-19(27-16-18-10-8-17(2)9-11-18)12-13-21(20)31-26(3,4)24(23)30-25(28)22-7-6-14-32-22/h6-15,23-24,27H,5,16H2,1-4H3. The van der Waals surface area contributed by atoms with Gasteiger partial charge in [-0.05, 0) is 62.9 Å². The molecule has 0 radical (unpaired) electrons. The summed E-state index contributed by atoms with van der Waals surface area (Å²) in [6, 6.07) is 18.1. The number of carbonyl (C=O) groups is 1. The van der Waals surface area contributed by atoms with E-state index in [0.29, 0.717) is 18.0 Å². The minimum atomic E-state index is -0.739. The number of hydrogen-bond donors (Lipinski definition) is 1. The number of thiophene rings is 1. The maximum absolute atomic E-state index is 12.7. The zero-order valence-electron chi connectivity index (χ0n) is 18.9. The molecule has 0 bridgehead atoms. The predicted octanol–water partition coefficient (Wildman–Crippen LogP) is 6.14. The first-order valence-corrected chi connectivity index (χ1v) is 11.7. The van der Waals surface area contributed by atoms with Gasteiger partial charge < -0.3 is 19.5 Å². The highest BCUT2D eigenvalue weighted by Crippen LogP contribution is 2.44. The molecule has 4 rings (SSSR count). The minimum Gasteiger partial charge on any atom is -0.483 e. The summed E-state index contributed by atoms with van der Waals surface area (Å²) in [6.07, 6.45) is -1.01. The van der Waals surface area contributed by atoms with Gasteiger partial charge in [-0.15, -0.1) is 11.3 Å². The topological polar surface area (TPSA) is 56.8 Å². The van der Waals surface area contributed by atoms with Crippen molar-refractivity contribution in [2.24, 2.45) is 0 Å². The summed E-state index contributed by atoms with van der Waals surface area (Å²) >= 11 is 1.36. The summed E-state index contributed by atoms with van der Waals surface area (Å²) in [5.74, 6) is 0.390. The average Bonchev–Trinajstić information content (AvgIpc) is 3.31. The Labute approximate surface area is 193 Å². The Morgan fingerprint density at radius 1 is 1.16 bits per heavy atom. The Morgan fingerprint density at radius 2 is 1.94 bits per heavy atom. The zero-order valence-corrected chi connectivity index (χ0v) is 19.7. The van der Waals surface area contributed by atoms with Gasteiger partial charge in [-0.25, -0.2) is 4.79 Å². The normalized spacial score (nSPS) is 19.0. The molecule has 32 heavy (non-hydrogen) atoms. The third-order valence-electron chi connectivity index (χ3n) is 5.57.